The van der Waals surface area contributed by atoms with Gasteiger partial charge in [-0.05, 0) is 42.0 Å². The van der Waals surface area contributed by atoms with Gasteiger partial charge in [0.2, 0.25) is 22.7 Å². The van der Waals surface area contributed by atoms with Crippen molar-refractivity contribution in [3.05, 3.63) is 71.2 Å². The number of hydrogen-bond acceptors (Lipinski definition) is 6. The molecule has 3 N–H and O–H groups in total. The van der Waals surface area contributed by atoms with Crippen molar-refractivity contribution >= 4 is 33.2 Å². The normalized spacial score (nSPS) is 12.5. The minimum absolute atomic E-state index is 0.00506. The first-order chi connectivity index (χ1) is 14.8. The summed E-state index contributed by atoms with van der Waals surface area (Å²) in [6.45, 7) is 0.101. The number of ether oxygens (including phenoxy) is 3. The van der Waals surface area contributed by atoms with Gasteiger partial charge in [-0.3, -0.25) is 4.79 Å². The molecule has 0 unspecified atom stereocenters. The van der Waals surface area contributed by atoms with Gasteiger partial charge in [-0.1, -0.05) is 29.8 Å². The van der Waals surface area contributed by atoms with Gasteiger partial charge in [0.1, 0.15) is 16.4 Å². The molecule has 10 heteroatoms. The smallest absolute Gasteiger partial charge is 0.241 e. The fourth-order valence-electron chi connectivity index (χ4n) is 2.98. The predicted molar refractivity (Wildman–Crippen MR) is 114 cm³/mol. The Labute approximate surface area is 183 Å². The topological polar surface area (TPSA) is 117 Å². The van der Waals surface area contributed by atoms with Crippen molar-refractivity contribution in [3.8, 4) is 23.0 Å². The van der Waals surface area contributed by atoms with Gasteiger partial charge in [-0.2, -0.15) is 0 Å². The van der Waals surface area contributed by atoms with Crippen LogP contribution < -0.4 is 24.7 Å². The molecule has 0 fully saturated rings. The number of sulfonamides is 1. The maximum atomic E-state index is 12.4. The zero-order valence-corrected chi connectivity index (χ0v) is 17.6. The molecule has 0 aliphatic carbocycles. The molecule has 0 spiro atoms. The van der Waals surface area contributed by atoms with Crippen molar-refractivity contribution in [2.45, 2.75) is 11.3 Å². The lowest BCUT2D eigenvalue weighted by Crippen LogP contribution is -2.17. The fourth-order valence-corrected chi connectivity index (χ4v) is 3.86. The third-order valence-electron chi connectivity index (χ3n) is 4.41. The number of carbonyl (C=O) groups excluding carboxylic acids is 1. The van der Waals surface area contributed by atoms with E-state index in [1.165, 1.54) is 18.2 Å². The number of fused-ring (bicyclic) bond motifs is 1. The molecule has 3 aromatic carbocycles. The van der Waals surface area contributed by atoms with Gasteiger partial charge < -0.3 is 19.5 Å². The Morgan fingerprint density at radius 2 is 1.84 bits per heavy atom. The number of primary sulfonamides is 1. The zero-order valence-electron chi connectivity index (χ0n) is 16.0. The Hall–Kier alpha value is -3.27. The highest BCUT2D eigenvalue weighted by molar-refractivity contribution is 7.89. The molecule has 1 heterocycles. The number of nitrogens with two attached hydrogens (primary N) is 1. The van der Waals surface area contributed by atoms with Crippen molar-refractivity contribution < 1.29 is 27.4 Å². The highest BCUT2D eigenvalue weighted by Gasteiger charge is 2.20. The maximum Gasteiger partial charge on any atom is 0.241 e. The van der Waals surface area contributed by atoms with Gasteiger partial charge in [0, 0.05) is 16.8 Å². The Balaban J connectivity index is 1.56. The van der Waals surface area contributed by atoms with Gasteiger partial charge in [-0.15, -0.1) is 0 Å². The maximum absolute atomic E-state index is 12.4. The summed E-state index contributed by atoms with van der Waals surface area (Å²) in [5, 5.41) is 8.48. The van der Waals surface area contributed by atoms with Gasteiger partial charge in [0.25, 0.3) is 0 Å². The van der Waals surface area contributed by atoms with Crippen LogP contribution in [0.4, 0.5) is 5.69 Å². The largest absolute Gasteiger partial charge is 0.456 e. The number of halogens is 1. The fraction of sp³-hybridized carbons (Fsp3) is 0.0952. The summed E-state index contributed by atoms with van der Waals surface area (Å²) in [7, 11) is -4.14. The lowest BCUT2D eigenvalue weighted by Gasteiger charge is -2.13. The highest BCUT2D eigenvalue weighted by Crippen LogP contribution is 2.38. The second-order valence-corrected chi connectivity index (χ2v) is 8.58. The SMILES string of the molecule is NS(=O)(=O)c1cc(NC(=O)Cc2ccccc2Cl)ccc1Oc1ccc2c(c1)OCO2. The first-order valence-corrected chi connectivity index (χ1v) is 11.0. The van der Waals surface area contributed by atoms with E-state index in [0.717, 1.165) is 0 Å². The van der Waals surface area contributed by atoms with E-state index in [2.05, 4.69) is 5.32 Å². The van der Waals surface area contributed by atoms with Crippen LogP contribution >= 0.6 is 11.6 Å². The van der Waals surface area contributed by atoms with Crippen LogP contribution in [0.1, 0.15) is 5.56 Å². The van der Waals surface area contributed by atoms with Crippen molar-refractivity contribution in [3.63, 3.8) is 0 Å². The predicted octanol–water partition coefficient (Wildman–Crippen LogP) is 3.69. The Morgan fingerprint density at radius 1 is 1.06 bits per heavy atom. The van der Waals surface area contributed by atoms with Gasteiger partial charge in [-0.25, -0.2) is 13.6 Å². The molecule has 1 aliphatic rings. The van der Waals surface area contributed by atoms with E-state index in [1.807, 2.05) is 0 Å². The molecule has 0 aromatic heterocycles. The molecular weight excluding hydrogens is 444 g/mol. The summed E-state index contributed by atoms with van der Waals surface area (Å²) in [5.74, 6) is 1.03. The Kier molecular flexibility index (Phi) is 5.73. The Morgan fingerprint density at radius 3 is 2.61 bits per heavy atom. The molecule has 3 aromatic rings. The summed E-state index contributed by atoms with van der Waals surface area (Å²) in [5.41, 5.74) is 0.898. The highest BCUT2D eigenvalue weighted by atomic mass is 35.5. The molecule has 4 rings (SSSR count). The molecule has 0 saturated heterocycles. The van der Waals surface area contributed by atoms with Crippen LogP contribution in [0.3, 0.4) is 0 Å². The number of amides is 1. The van der Waals surface area contributed by atoms with E-state index in [9.17, 15) is 13.2 Å². The number of benzene rings is 3. The minimum Gasteiger partial charge on any atom is -0.456 e. The molecule has 0 saturated carbocycles. The molecule has 160 valence electrons. The minimum atomic E-state index is -4.14. The Bertz CT molecular complexity index is 1260. The number of hydrogen-bond donors (Lipinski definition) is 2. The molecule has 1 aliphatic heterocycles. The van der Waals surface area contributed by atoms with Crippen LogP contribution in [0.2, 0.25) is 5.02 Å². The van der Waals surface area contributed by atoms with Gasteiger partial charge in [0.05, 0.1) is 6.42 Å². The third kappa shape index (κ3) is 4.91. The van der Waals surface area contributed by atoms with E-state index in [0.29, 0.717) is 27.8 Å². The molecular formula is C21H17ClN2O6S. The van der Waals surface area contributed by atoms with Gasteiger partial charge >= 0.3 is 0 Å². The van der Waals surface area contributed by atoms with Crippen molar-refractivity contribution in [2.24, 2.45) is 5.14 Å². The van der Waals surface area contributed by atoms with Crippen LogP contribution in [-0.2, 0) is 21.2 Å². The average molecular weight is 461 g/mol. The van der Waals surface area contributed by atoms with Crippen molar-refractivity contribution in [1.29, 1.82) is 0 Å². The summed E-state index contributed by atoms with van der Waals surface area (Å²) in [4.78, 5) is 12.1. The van der Waals surface area contributed by atoms with Crippen molar-refractivity contribution in [1.82, 2.24) is 0 Å². The number of nitrogens with one attached hydrogen (secondary N) is 1. The quantitative estimate of drug-likeness (QED) is 0.579. The third-order valence-corrected chi connectivity index (χ3v) is 5.72. The summed E-state index contributed by atoms with van der Waals surface area (Å²) in [6, 6.07) is 16.0. The van der Waals surface area contributed by atoms with E-state index in [1.54, 1.807) is 42.5 Å². The second-order valence-electron chi connectivity index (χ2n) is 6.64. The lowest BCUT2D eigenvalue weighted by atomic mass is 10.1. The summed E-state index contributed by atoms with van der Waals surface area (Å²) >= 11 is 6.08. The second kappa shape index (κ2) is 8.46. The number of carbonyl (C=O) groups is 1. The monoisotopic (exact) mass is 460 g/mol. The van der Waals surface area contributed by atoms with Gasteiger partial charge in [0.15, 0.2) is 11.5 Å². The molecule has 0 radical (unpaired) electrons. The van der Waals surface area contributed by atoms with Crippen LogP contribution in [-0.4, -0.2) is 21.1 Å². The molecule has 31 heavy (non-hydrogen) atoms. The molecule has 8 nitrogen and oxygen atoms in total. The molecule has 0 bridgehead atoms. The zero-order chi connectivity index (χ0) is 22.0. The lowest BCUT2D eigenvalue weighted by molar-refractivity contribution is -0.115. The molecule has 0 atom stereocenters. The van der Waals surface area contributed by atoms with Crippen LogP contribution in [0.5, 0.6) is 23.0 Å². The molecule has 1 amide bonds. The van der Waals surface area contributed by atoms with Crippen molar-refractivity contribution in [2.75, 3.05) is 12.1 Å². The average Bonchev–Trinajstić information content (AvgIpc) is 3.18. The van der Waals surface area contributed by atoms with E-state index < -0.39 is 10.0 Å². The first-order valence-electron chi connectivity index (χ1n) is 9.07. The summed E-state index contributed by atoms with van der Waals surface area (Å²) < 4.78 is 40.5. The standard InChI is InChI=1S/C21H17ClN2O6S/c22-16-4-2-1-3-13(16)9-21(25)24-14-5-7-18(20(10-14)31(23,26)27)30-15-6-8-17-19(11-15)29-12-28-17/h1-8,10-11H,9,12H2,(H,24,25)(H2,23,26,27). The van der Waals surface area contributed by atoms with E-state index in [-0.39, 0.29) is 35.5 Å². The van der Waals surface area contributed by atoms with Crippen LogP contribution in [0, 0.1) is 0 Å². The van der Waals surface area contributed by atoms with E-state index >= 15 is 0 Å². The van der Waals surface area contributed by atoms with Crippen LogP contribution in [0.25, 0.3) is 0 Å². The van der Waals surface area contributed by atoms with E-state index in [4.69, 9.17) is 31.0 Å². The number of anilines is 1. The number of rotatable bonds is 6. The van der Waals surface area contributed by atoms with Crippen LogP contribution in [0.15, 0.2) is 65.6 Å². The summed E-state index contributed by atoms with van der Waals surface area (Å²) in [6.07, 6.45) is 0.0276. The first kappa shape index (κ1) is 21.0.